The van der Waals surface area contributed by atoms with Crippen LogP contribution in [0.2, 0.25) is 5.02 Å². The number of rotatable bonds is 6. The lowest BCUT2D eigenvalue weighted by Crippen LogP contribution is -2.48. The summed E-state index contributed by atoms with van der Waals surface area (Å²) in [5.74, 6) is -0.200. The number of fused-ring (bicyclic) bond motifs is 1. The first-order valence-corrected chi connectivity index (χ1v) is 11.7. The van der Waals surface area contributed by atoms with E-state index in [4.69, 9.17) is 16.3 Å². The highest BCUT2D eigenvalue weighted by molar-refractivity contribution is 6.30. The number of amides is 1. The Kier molecular flexibility index (Phi) is 6.15. The molecule has 1 amide bonds. The fourth-order valence-corrected chi connectivity index (χ4v) is 4.89. The minimum Gasteiger partial charge on any atom is -0.389 e. The molecule has 0 fully saturated rings. The topological polar surface area (TPSA) is 92.9 Å². The molecule has 7 nitrogen and oxygen atoms in total. The van der Waals surface area contributed by atoms with Crippen LogP contribution in [0.1, 0.15) is 39.9 Å². The Morgan fingerprint density at radius 2 is 1.74 bits per heavy atom. The van der Waals surface area contributed by atoms with E-state index in [-0.39, 0.29) is 24.2 Å². The maximum absolute atomic E-state index is 13.8. The lowest BCUT2D eigenvalue weighted by Gasteiger charge is -2.42. The van der Waals surface area contributed by atoms with E-state index in [9.17, 15) is 20.0 Å². The molecule has 5 rings (SSSR count). The Morgan fingerprint density at radius 1 is 1.03 bits per heavy atom. The molecule has 1 heterocycles. The summed E-state index contributed by atoms with van der Waals surface area (Å²) in [6, 6.07) is 20.7. The molecule has 0 radical (unpaired) electrons. The maximum Gasteiger partial charge on any atom is 0.269 e. The van der Waals surface area contributed by atoms with Crippen molar-refractivity contribution < 1.29 is 19.6 Å². The van der Waals surface area contributed by atoms with Crippen molar-refractivity contribution in [3.8, 4) is 0 Å². The van der Waals surface area contributed by atoms with Crippen LogP contribution in [-0.2, 0) is 17.0 Å². The van der Waals surface area contributed by atoms with Crippen molar-refractivity contribution in [3.63, 3.8) is 0 Å². The number of non-ortho nitro benzene ring substituents is 1. The maximum atomic E-state index is 13.8. The number of carbonyl (C=O) groups excluding carboxylic acids is 1. The number of hydrogen-bond acceptors (Lipinski definition) is 5. The van der Waals surface area contributed by atoms with Gasteiger partial charge in [-0.1, -0.05) is 66.2 Å². The summed E-state index contributed by atoms with van der Waals surface area (Å²) in [6.45, 7) is 0.174. The monoisotopic (exact) mass is 490 g/mol. The Hall–Kier alpha value is -3.52. The molecule has 0 aromatic heterocycles. The van der Waals surface area contributed by atoms with Crippen LogP contribution in [0.4, 0.5) is 5.69 Å². The Bertz CT molecular complexity index is 1290. The van der Waals surface area contributed by atoms with Crippen molar-refractivity contribution in [1.29, 1.82) is 0 Å². The van der Waals surface area contributed by atoms with Gasteiger partial charge in [-0.2, -0.15) is 0 Å². The summed E-state index contributed by atoms with van der Waals surface area (Å²) in [5, 5.41) is 21.6. The van der Waals surface area contributed by atoms with Crippen LogP contribution in [-0.4, -0.2) is 33.0 Å². The second kappa shape index (κ2) is 9.26. The van der Waals surface area contributed by atoms with Gasteiger partial charge < -0.3 is 9.84 Å². The van der Waals surface area contributed by atoms with Gasteiger partial charge in [0.1, 0.15) is 0 Å². The van der Waals surface area contributed by atoms with Crippen molar-refractivity contribution in [3.05, 3.63) is 122 Å². The number of nitrogens with zero attached hydrogens (tertiary/aromatic N) is 2. The molecule has 1 aliphatic heterocycles. The van der Waals surface area contributed by atoms with Crippen LogP contribution < -0.4 is 0 Å². The summed E-state index contributed by atoms with van der Waals surface area (Å²) in [6.07, 6.45) is 3.83. The molecule has 35 heavy (non-hydrogen) atoms. The molecule has 8 heteroatoms. The van der Waals surface area contributed by atoms with E-state index < -0.39 is 16.8 Å². The van der Waals surface area contributed by atoms with Crippen LogP contribution >= 0.6 is 11.6 Å². The Balaban J connectivity index is 1.65. The van der Waals surface area contributed by atoms with Gasteiger partial charge in [0, 0.05) is 40.4 Å². The molecule has 1 N–H and O–H groups in total. The lowest BCUT2D eigenvalue weighted by molar-refractivity contribution is -0.384. The number of nitro groups is 1. The van der Waals surface area contributed by atoms with Crippen molar-refractivity contribution in [2.24, 2.45) is 0 Å². The van der Waals surface area contributed by atoms with Crippen LogP contribution in [0, 0.1) is 10.1 Å². The largest absolute Gasteiger partial charge is 0.389 e. The van der Waals surface area contributed by atoms with E-state index in [1.54, 1.807) is 41.3 Å². The number of halogens is 1. The summed E-state index contributed by atoms with van der Waals surface area (Å²) < 4.78 is 6.81. The Labute approximate surface area is 207 Å². The van der Waals surface area contributed by atoms with Gasteiger partial charge in [0.05, 0.1) is 17.1 Å². The molecule has 178 valence electrons. The van der Waals surface area contributed by atoms with Gasteiger partial charge in [0.15, 0.2) is 5.72 Å². The number of carbonyl (C=O) groups is 1. The standard InChI is InChI=1S/C27H23ClN2O5/c28-20-9-7-19(8-10-20)27(35-23-15-13-22(31)14-16-23)25-4-2-1-3-24(25)26(32)29(27)17-18-5-11-21(12-6-18)30(33)34/h1-13,15,22-23,31H,14,16-17H2. The number of nitro benzene ring substituents is 1. The van der Waals surface area contributed by atoms with Crippen molar-refractivity contribution in [2.45, 2.75) is 37.3 Å². The van der Waals surface area contributed by atoms with E-state index in [0.717, 1.165) is 11.1 Å². The third kappa shape index (κ3) is 4.23. The quantitative estimate of drug-likeness (QED) is 0.291. The normalized spacial score (nSPS) is 23.4. The van der Waals surface area contributed by atoms with Gasteiger partial charge in [-0.25, -0.2) is 0 Å². The lowest BCUT2D eigenvalue weighted by atomic mass is 9.92. The molecule has 3 unspecified atom stereocenters. The van der Waals surface area contributed by atoms with Crippen LogP contribution in [0.25, 0.3) is 0 Å². The van der Waals surface area contributed by atoms with Gasteiger partial charge >= 0.3 is 0 Å². The molecule has 0 saturated heterocycles. The van der Waals surface area contributed by atoms with Gasteiger partial charge in [-0.3, -0.25) is 19.8 Å². The number of benzene rings is 3. The first-order valence-electron chi connectivity index (χ1n) is 11.3. The van der Waals surface area contributed by atoms with Crippen LogP contribution in [0.5, 0.6) is 0 Å². The first-order chi connectivity index (χ1) is 16.9. The predicted octanol–water partition coefficient (Wildman–Crippen LogP) is 5.20. The number of hydrogen-bond donors (Lipinski definition) is 1. The first kappa shape index (κ1) is 23.2. The van der Waals surface area contributed by atoms with E-state index in [1.807, 2.05) is 36.4 Å². The molecule has 3 atom stereocenters. The average molecular weight is 491 g/mol. The number of aliphatic hydroxyl groups excluding tert-OH is 1. The van der Waals surface area contributed by atoms with Gasteiger partial charge in [0.2, 0.25) is 0 Å². The van der Waals surface area contributed by atoms with Gasteiger partial charge in [-0.05, 0) is 36.6 Å². The SMILES string of the molecule is O=C1c2ccccc2C(OC2C=CC(O)CC2)(c2ccc(Cl)cc2)N1Cc1ccc([N+](=O)[O-])cc1. The zero-order valence-corrected chi connectivity index (χ0v) is 19.5. The molecule has 1 aliphatic carbocycles. The predicted molar refractivity (Wildman–Crippen MR) is 131 cm³/mol. The van der Waals surface area contributed by atoms with E-state index >= 15 is 0 Å². The van der Waals surface area contributed by atoms with E-state index in [2.05, 4.69) is 0 Å². The number of ether oxygens (including phenoxy) is 1. The molecular formula is C27H23ClN2O5. The van der Waals surface area contributed by atoms with E-state index in [1.165, 1.54) is 12.1 Å². The molecule has 3 aromatic rings. The number of aliphatic hydroxyl groups is 1. The fraction of sp³-hybridized carbons (Fsp3) is 0.222. The molecule has 2 aliphatic rings. The molecule has 0 spiro atoms. The highest BCUT2D eigenvalue weighted by Gasteiger charge is 2.53. The Morgan fingerprint density at radius 3 is 2.40 bits per heavy atom. The highest BCUT2D eigenvalue weighted by atomic mass is 35.5. The smallest absolute Gasteiger partial charge is 0.269 e. The molecule has 3 aromatic carbocycles. The fourth-order valence-electron chi connectivity index (χ4n) is 4.77. The van der Waals surface area contributed by atoms with Gasteiger partial charge in [-0.15, -0.1) is 0 Å². The molecule has 0 bridgehead atoms. The zero-order valence-electron chi connectivity index (χ0n) is 18.7. The summed E-state index contributed by atoms with van der Waals surface area (Å²) >= 11 is 6.19. The van der Waals surface area contributed by atoms with Crippen LogP contribution in [0.15, 0.2) is 84.9 Å². The zero-order chi connectivity index (χ0) is 24.6. The second-order valence-corrected chi connectivity index (χ2v) is 9.13. The van der Waals surface area contributed by atoms with Gasteiger partial charge in [0.25, 0.3) is 11.6 Å². The minimum atomic E-state index is -1.25. The van der Waals surface area contributed by atoms with Crippen molar-refractivity contribution in [2.75, 3.05) is 0 Å². The highest BCUT2D eigenvalue weighted by Crippen LogP contribution is 2.47. The summed E-state index contributed by atoms with van der Waals surface area (Å²) in [7, 11) is 0. The molecule has 0 saturated carbocycles. The minimum absolute atomic E-state index is 0.0177. The third-order valence-corrected chi connectivity index (χ3v) is 6.74. The van der Waals surface area contributed by atoms with E-state index in [0.29, 0.717) is 29.0 Å². The third-order valence-electron chi connectivity index (χ3n) is 6.49. The van der Waals surface area contributed by atoms with Crippen LogP contribution in [0.3, 0.4) is 0 Å². The average Bonchev–Trinajstić information content (AvgIpc) is 3.10. The van der Waals surface area contributed by atoms with Crippen molar-refractivity contribution >= 4 is 23.2 Å². The second-order valence-electron chi connectivity index (χ2n) is 8.70. The summed E-state index contributed by atoms with van der Waals surface area (Å²) in [4.78, 5) is 26.1. The van der Waals surface area contributed by atoms with Crippen molar-refractivity contribution in [1.82, 2.24) is 4.90 Å². The molecular weight excluding hydrogens is 468 g/mol. The summed E-state index contributed by atoms with van der Waals surface area (Å²) in [5.41, 5.74) is 1.45.